The predicted molar refractivity (Wildman–Crippen MR) is 99.6 cm³/mol. The summed E-state index contributed by atoms with van der Waals surface area (Å²) in [5, 5.41) is 3.97. The summed E-state index contributed by atoms with van der Waals surface area (Å²) in [6.07, 6.45) is 11.7. The van der Waals surface area contributed by atoms with Crippen LogP contribution in [0.25, 0.3) is 11.6 Å². The second-order valence-corrected chi connectivity index (χ2v) is 7.83. The molecule has 2 aromatic heterocycles. The maximum Gasteiger partial charge on any atom is 0.240 e. The third kappa shape index (κ3) is 4.01. The highest BCUT2D eigenvalue weighted by Gasteiger charge is 2.39. The number of amides is 1. The summed E-state index contributed by atoms with van der Waals surface area (Å²) in [5.41, 5.74) is 0. The molecule has 2 aromatic rings. The lowest BCUT2D eigenvalue weighted by Gasteiger charge is -2.40. The van der Waals surface area contributed by atoms with Crippen LogP contribution < -0.4 is 0 Å². The van der Waals surface area contributed by atoms with Gasteiger partial charge in [0.2, 0.25) is 23.4 Å². The van der Waals surface area contributed by atoms with Gasteiger partial charge in [0.15, 0.2) is 0 Å². The van der Waals surface area contributed by atoms with Gasteiger partial charge in [0.1, 0.15) is 0 Å². The summed E-state index contributed by atoms with van der Waals surface area (Å²) >= 11 is 0. The van der Waals surface area contributed by atoms with Gasteiger partial charge in [-0.15, -0.1) is 0 Å². The number of aromatic nitrogens is 4. The molecule has 1 amide bonds. The number of nitrogens with zero attached hydrogens (tertiary/aromatic N) is 5. The SMILES string of the molecule is CCCCC1CCC(C(=O)N2CC(c3nc(-c4ncccn4)no3)C2)CC1. The van der Waals surface area contributed by atoms with Crippen molar-refractivity contribution in [3.8, 4) is 11.6 Å². The molecular weight excluding hydrogens is 342 g/mol. The summed E-state index contributed by atoms with van der Waals surface area (Å²) < 4.78 is 5.37. The van der Waals surface area contributed by atoms with Crippen LogP contribution in [0.4, 0.5) is 0 Å². The third-order valence-corrected chi connectivity index (χ3v) is 5.91. The Labute approximate surface area is 159 Å². The first-order valence-electron chi connectivity index (χ1n) is 10.1. The molecule has 0 radical (unpaired) electrons. The van der Waals surface area contributed by atoms with Gasteiger partial charge in [-0.2, -0.15) is 4.98 Å². The lowest BCUT2D eigenvalue weighted by atomic mass is 9.78. The largest absolute Gasteiger partial charge is 0.341 e. The van der Waals surface area contributed by atoms with Gasteiger partial charge in [0.25, 0.3) is 0 Å². The van der Waals surface area contributed by atoms with Crippen molar-refractivity contribution >= 4 is 5.91 Å². The summed E-state index contributed by atoms with van der Waals surface area (Å²) in [6.45, 7) is 3.59. The summed E-state index contributed by atoms with van der Waals surface area (Å²) in [7, 11) is 0. The maximum absolute atomic E-state index is 12.7. The average Bonchev–Trinajstić information content (AvgIpc) is 3.16. The first-order chi connectivity index (χ1) is 13.2. The molecule has 144 valence electrons. The lowest BCUT2D eigenvalue weighted by molar-refractivity contribution is -0.141. The zero-order valence-corrected chi connectivity index (χ0v) is 15.9. The zero-order valence-electron chi connectivity index (χ0n) is 15.9. The Balaban J connectivity index is 1.26. The first kappa shape index (κ1) is 18.1. The summed E-state index contributed by atoms with van der Waals surface area (Å²) in [5.74, 6) is 2.91. The van der Waals surface area contributed by atoms with Crippen LogP contribution in [0.1, 0.15) is 63.7 Å². The fourth-order valence-electron chi connectivity index (χ4n) is 4.17. The minimum Gasteiger partial charge on any atom is -0.341 e. The van der Waals surface area contributed by atoms with Crippen molar-refractivity contribution in [2.24, 2.45) is 11.8 Å². The van der Waals surface area contributed by atoms with E-state index in [1.165, 1.54) is 32.1 Å². The fourth-order valence-corrected chi connectivity index (χ4v) is 4.17. The molecule has 27 heavy (non-hydrogen) atoms. The standard InChI is InChI=1S/C20H27N5O2/c1-2-3-5-14-6-8-15(9-7-14)20(26)25-12-16(13-25)19-23-18(24-27-19)17-21-10-4-11-22-17/h4,10-11,14-16H,2-3,5-9,12-13H2,1H3. The Morgan fingerprint density at radius 1 is 1.15 bits per heavy atom. The number of likely N-dealkylation sites (tertiary alicyclic amines) is 1. The van der Waals surface area contributed by atoms with Crippen LogP contribution in [-0.2, 0) is 4.79 Å². The van der Waals surface area contributed by atoms with E-state index in [0.717, 1.165) is 18.8 Å². The molecule has 1 aliphatic carbocycles. The molecular formula is C20H27N5O2. The minimum atomic E-state index is 0.125. The van der Waals surface area contributed by atoms with Crippen LogP contribution >= 0.6 is 0 Å². The second kappa shape index (κ2) is 8.15. The number of rotatable bonds is 6. The van der Waals surface area contributed by atoms with Gasteiger partial charge in [-0.25, -0.2) is 9.97 Å². The lowest BCUT2D eigenvalue weighted by Crippen LogP contribution is -2.51. The molecule has 0 bridgehead atoms. The fraction of sp³-hybridized carbons (Fsp3) is 0.650. The number of carbonyl (C=O) groups excluding carboxylic acids is 1. The van der Waals surface area contributed by atoms with E-state index in [9.17, 15) is 4.79 Å². The molecule has 4 rings (SSSR count). The Morgan fingerprint density at radius 3 is 2.59 bits per heavy atom. The van der Waals surface area contributed by atoms with E-state index in [1.54, 1.807) is 18.5 Å². The Kier molecular flexibility index (Phi) is 5.45. The number of carbonyl (C=O) groups is 1. The third-order valence-electron chi connectivity index (χ3n) is 5.91. The Morgan fingerprint density at radius 2 is 1.89 bits per heavy atom. The summed E-state index contributed by atoms with van der Waals surface area (Å²) in [6, 6.07) is 1.75. The zero-order chi connectivity index (χ0) is 18.6. The highest BCUT2D eigenvalue weighted by molar-refractivity contribution is 5.80. The van der Waals surface area contributed by atoms with Gasteiger partial charge in [-0.1, -0.05) is 31.3 Å². The normalized spacial score (nSPS) is 23.2. The molecule has 0 N–H and O–H groups in total. The van der Waals surface area contributed by atoms with Gasteiger partial charge in [-0.3, -0.25) is 4.79 Å². The van der Waals surface area contributed by atoms with E-state index >= 15 is 0 Å². The van der Waals surface area contributed by atoms with Crippen LogP contribution in [0.2, 0.25) is 0 Å². The van der Waals surface area contributed by atoms with Crippen molar-refractivity contribution in [1.82, 2.24) is 25.0 Å². The first-order valence-corrected chi connectivity index (χ1v) is 10.1. The molecule has 2 fully saturated rings. The molecule has 3 heterocycles. The van der Waals surface area contributed by atoms with E-state index in [2.05, 4.69) is 27.0 Å². The van der Waals surface area contributed by atoms with Crippen LogP contribution in [0.15, 0.2) is 23.0 Å². The van der Waals surface area contributed by atoms with E-state index in [0.29, 0.717) is 36.5 Å². The van der Waals surface area contributed by atoms with Crippen LogP contribution in [0, 0.1) is 11.8 Å². The molecule has 0 atom stereocenters. The predicted octanol–water partition coefficient (Wildman–Crippen LogP) is 3.45. The molecule has 2 aliphatic rings. The van der Waals surface area contributed by atoms with Gasteiger partial charge in [-0.05, 0) is 37.7 Å². The number of unbranched alkanes of at least 4 members (excludes halogenated alkanes) is 1. The van der Waals surface area contributed by atoms with Crippen LogP contribution in [0.3, 0.4) is 0 Å². The van der Waals surface area contributed by atoms with Crippen molar-refractivity contribution < 1.29 is 9.32 Å². The van der Waals surface area contributed by atoms with E-state index in [-0.39, 0.29) is 11.8 Å². The van der Waals surface area contributed by atoms with E-state index < -0.39 is 0 Å². The van der Waals surface area contributed by atoms with Crippen molar-refractivity contribution in [1.29, 1.82) is 0 Å². The van der Waals surface area contributed by atoms with Crippen molar-refractivity contribution in [2.75, 3.05) is 13.1 Å². The molecule has 1 saturated heterocycles. The average molecular weight is 369 g/mol. The molecule has 0 spiro atoms. The maximum atomic E-state index is 12.7. The second-order valence-electron chi connectivity index (χ2n) is 7.83. The highest BCUT2D eigenvalue weighted by atomic mass is 16.5. The highest BCUT2D eigenvalue weighted by Crippen LogP contribution is 2.35. The van der Waals surface area contributed by atoms with E-state index in [4.69, 9.17) is 4.52 Å². The van der Waals surface area contributed by atoms with E-state index in [1.807, 2.05) is 4.90 Å². The minimum absolute atomic E-state index is 0.125. The smallest absolute Gasteiger partial charge is 0.240 e. The topological polar surface area (TPSA) is 85.0 Å². The molecule has 1 aliphatic heterocycles. The quantitative estimate of drug-likeness (QED) is 0.775. The van der Waals surface area contributed by atoms with Crippen LogP contribution in [0.5, 0.6) is 0 Å². The number of hydrogen-bond acceptors (Lipinski definition) is 6. The van der Waals surface area contributed by atoms with Crippen molar-refractivity contribution in [3.63, 3.8) is 0 Å². The van der Waals surface area contributed by atoms with Gasteiger partial charge < -0.3 is 9.42 Å². The van der Waals surface area contributed by atoms with Gasteiger partial charge >= 0.3 is 0 Å². The van der Waals surface area contributed by atoms with Crippen LogP contribution in [-0.4, -0.2) is 44.0 Å². The Hall–Kier alpha value is -2.31. The molecule has 1 saturated carbocycles. The molecule has 7 nitrogen and oxygen atoms in total. The summed E-state index contributed by atoms with van der Waals surface area (Å²) in [4.78, 5) is 27.4. The van der Waals surface area contributed by atoms with Crippen molar-refractivity contribution in [3.05, 3.63) is 24.4 Å². The molecule has 7 heteroatoms. The number of hydrogen-bond donors (Lipinski definition) is 0. The monoisotopic (exact) mass is 369 g/mol. The van der Waals surface area contributed by atoms with Gasteiger partial charge in [0, 0.05) is 31.4 Å². The Bertz CT molecular complexity index is 749. The van der Waals surface area contributed by atoms with Gasteiger partial charge in [0.05, 0.1) is 5.92 Å². The molecule has 0 unspecified atom stereocenters. The van der Waals surface area contributed by atoms with Crippen molar-refractivity contribution in [2.45, 2.75) is 57.8 Å². The molecule has 0 aromatic carbocycles.